The van der Waals surface area contributed by atoms with Crippen LogP contribution in [0.2, 0.25) is 0 Å². The highest BCUT2D eigenvalue weighted by Crippen LogP contribution is 2.32. The number of amides is 1. The Balaban J connectivity index is 1.42. The number of aromatic nitrogens is 3. The maximum absolute atomic E-state index is 14.4. The second-order valence-corrected chi connectivity index (χ2v) is 12.1. The van der Waals surface area contributed by atoms with Gasteiger partial charge in [-0.05, 0) is 81.1 Å². The number of likely N-dealkylation sites (N-methyl/N-ethyl adjacent to an activating group) is 1. The molecule has 9 nitrogen and oxygen atoms in total. The molecule has 0 radical (unpaired) electrons. The van der Waals surface area contributed by atoms with Gasteiger partial charge in [0.2, 0.25) is 11.9 Å². The predicted molar refractivity (Wildman–Crippen MR) is 173 cm³/mol. The minimum absolute atomic E-state index is 0.0284. The van der Waals surface area contributed by atoms with Crippen molar-refractivity contribution in [3.05, 3.63) is 75.7 Å². The number of carbonyl (C=O) groups excluding carboxylic acids is 1. The standard InChI is InChI=1S/C34H41N7O2/c1-22-9-6-7-11-28(22)31-24(3)29-20-35-34(36-26-12-13-30(23(2)19-26)39-17-15-38(5)16-18-39)37-32(29)41(33(31)43)27-10-8-14-40(21-27)25(4)42/h6-7,9,11-13,19-20,27H,8,10,14-18,21H2,1-5H3,(H,35,36,37). The number of benzene rings is 2. The first-order chi connectivity index (χ1) is 20.7. The van der Waals surface area contributed by atoms with E-state index in [1.165, 1.54) is 11.3 Å². The Morgan fingerprint density at radius 1 is 0.977 bits per heavy atom. The highest BCUT2D eigenvalue weighted by Gasteiger charge is 2.28. The Morgan fingerprint density at radius 3 is 2.47 bits per heavy atom. The Hall–Kier alpha value is -4.24. The van der Waals surface area contributed by atoms with Crippen molar-refractivity contribution in [1.82, 2.24) is 24.3 Å². The number of piperidine rings is 1. The molecule has 9 heteroatoms. The van der Waals surface area contributed by atoms with Gasteiger partial charge in [-0.1, -0.05) is 24.3 Å². The van der Waals surface area contributed by atoms with Crippen molar-refractivity contribution in [3.8, 4) is 11.1 Å². The smallest absolute Gasteiger partial charge is 0.260 e. The zero-order valence-corrected chi connectivity index (χ0v) is 25.9. The van der Waals surface area contributed by atoms with Gasteiger partial charge in [-0.15, -0.1) is 0 Å². The summed E-state index contributed by atoms with van der Waals surface area (Å²) in [5.74, 6) is 0.468. The van der Waals surface area contributed by atoms with Gasteiger partial charge in [-0.25, -0.2) is 4.98 Å². The van der Waals surface area contributed by atoms with Crippen LogP contribution in [0.1, 0.15) is 42.5 Å². The van der Waals surface area contributed by atoms with Crippen molar-refractivity contribution in [2.45, 2.75) is 46.6 Å². The van der Waals surface area contributed by atoms with Crippen LogP contribution >= 0.6 is 0 Å². The van der Waals surface area contributed by atoms with Crippen LogP contribution in [0.25, 0.3) is 22.2 Å². The molecule has 1 amide bonds. The fourth-order valence-corrected chi connectivity index (χ4v) is 6.62. The summed E-state index contributed by atoms with van der Waals surface area (Å²) in [4.78, 5) is 43.1. The molecule has 1 atom stereocenters. The van der Waals surface area contributed by atoms with Gasteiger partial charge < -0.3 is 20.0 Å². The number of hydrogen-bond acceptors (Lipinski definition) is 7. The lowest BCUT2D eigenvalue weighted by Crippen LogP contribution is -2.44. The third kappa shape index (κ3) is 5.61. The number of pyridine rings is 1. The Morgan fingerprint density at radius 2 is 1.74 bits per heavy atom. The van der Waals surface area contributed by atoms with Crippen LogP contribution < -0.4 is 15.8 Å². The fraction of sp³-hybridized carbons (Fsp3) is 0.412. The number of hydrogen-bond donors (Lipinski definition) is 1. The van der Waals surface area contributed by atoms with Crippen molar-refractivity contribution in [2.24, 2.45) is 0 Å². The number of anilines is 3. The molecule has 2 saturated heterocycles. The lowest BCUT2D eigenvalue weighted by Gasteiger charge is -2.35. The van der Waals surface area contributed by atoms with Crippen LogP contribution in [-0.4, -0.2) is 76.6 Å². The number of nitrogens with zero attached hydrogens (tertiary/aromatic N) is 6. The molecule has 2 aromatic heterocycles. The highest BCUT2D eigenvalue weighted by molar-refractivity contribution is 5.87. The van der Waals surface area contributed by atoms with Gasteiger partial charge in [0.15, 0.2) is 0 Å². The minimum Gasteiger partial charge on any atom is -0.369 e. The van der Waals surface area contributed by atoms with Crippen molar-refractivity contribution < 1.29 is 4.79 Å². The van der Waals surface area contributed by atoms with E-state index in [2.05, 4.69) is 47.3 Å². The lowest BCUT2D eigenvalue weighted by molar-refractivity contribution is -0.130. The van der Waals surface area contributed by atoms with E-state index in [0.29, 0.717) is 30.2 Å². The number of piperazine rings is 1. The van der Waals surface area contributed by atoms with Gasteiger partial charge in [0, 0.05) is 69.2 Å². The molecule has 1 N–H and O–H groups in total. The Labute approximate surface area is 253 Å². The molecule has 2 aliphatic heterocycles. The minimum atomic E-state index is -0.177. The highest BCUT2D eigenvalue weighted by atomic mass is 16.2. The quantitative estimate of drug-likeness (QED) is 0.354. The maximum Gasteiger partial charge on any atom is 0.260 e. The molecule has 2 fully saturated rings. The van der Waals surface area contributed by atoms with Gasteiger partial charge in [0.05, 0.1) is 11.6 Å². The zero-order chi connectivity index (χ0) is 30.2. The molecule has 0 saturated carbocycles. The molecule has 6 rings (SSSR count). The second-order valence-electron chi connectivity index (χ2n) is 12.1. The summed E-state index contributed by atoms with van der Waals surface area (Å²) in [6.45, 7) is 13.1. The van der Waals surface area contributed by atoms with Gasteiger partial charge in [0.1, 0.15) is 5.65 Å². The normalized spacial score (nSPS) is 17.8. The molecular formula is C34H41N7O2. The van der Waals surface area contributed by atoms with E-state index in [1.54, 1.807) is 6.92 Å². The van der Waals surface area contributed by atoms with Gasteiger partial charge in [-0.3, -0.25) is 14.2 Å². The van der Waals surface area contributed by atoms with E-state index >= 15 is 0 Å². The fourth-order valence-electron chi connectivity index (χ4n) is 6.62. The van der Waals surface area contributed by atoms with Crippen molar-refractivity contribution in [1.29, 1.82) is 0 Å². The van der Waals surface area contributed by atoms with Crippen LogP contribution in [0.4, 0.5) is 17.3 Å². The van der Waals surface area contributed by atoms with Gasteiger partial charge in [0.25, 0.3) is 5.56 Å². The van der Waals surface area contributed by atoms with E-state index in [4.69, 9.17) is 9.97 Å². The SMILES string of the molecule is CC(=O)N1CCCC(n2c(=O)c(-c3ccccc3C)c(C)c3cnc(Nc4ccc(N5CCN(C)CC5)c(C)c4)nc32)C1. The summed E-state index contributed by atoms with van der Waals surface area (Å²) in [7, 11) is 2.17. The van der Waals surface area contributed by atoms with Gasteiger partial charge >= 0.3 is 0 Å². The van der Waals surface area contributed by atoms with Crippen molar-refractivity contribution in [3.63, 3.8) is 0 Å². The summed E-state index contributed by atoms with van der Waals surface area (Å²) < 4.78 is 1.83. The summed E-state index contributed by atoms with van der Waals surface area (Å²) in [6.07, 6.45) is 3.46. The first-order valence-corrected chi connectivity index (χ1v) is 15.3. The number of aryl methyl sites for hydroxylation is 3. The first-order valence-electron chi connectivity index (χ1n) is 15.3. The number of fused-ring (bicyclic) bond motifs is 1. The molecule has 43 heavy (non-hydrogen) atoms. The van der Waals surface area contributed by atoms with E-state index in [0.717, 1.165) is 66.8 Å². The molecule has 4 heterocycles. The largest absolute Gasteiger partial charge is 0.369 e. The molecule has 4 aromatic rings. The molecule has 0 spiro atoms. The van der Waals surface area contributed by atoms with Crippen LogP contribution in [0, 0.1) is 20.8 Å². The average Bonchev–Trinajstić information content (AvgIpc) is 2.99. The summed E-state index contributed by atoms with van der Waals surface area (Å²) in [5.41, 5.74) is 7.35. The molecule has 0 aliphatic carbocycles. The molecule has 1 unspecified atom stereocenters. The van der Waals surface area contributed by atoms with Crippen LogP contribution in [0.15, 0.2) is 53.5 Å². The van der Waals surface area contributed by atoms with E-state index in [1.807, 2.05) is 53.8 Å². The number of rotatable bonds is 5. The van der Waals surface area contributed by atoms with Crippen LogP contribution in [0.3, 0.4) is 0 Å². The second kappa shape index (κ2) is 11.8. The van der Waals surface area contributed by atoms with Crippen LogP contribution in [-0.2, 0) is 4.79 Å². The number of likely N-dealkylation sites (tertiary alicyclic amines) is 1. The molecule has 2 aromatic carbocycles. The summed E-state index contributed by atoms with van der Waals surface area (Å²) in [5, 5.41) is 4.23. The number of nitrogens with one attached hydrogen (secondary N) is 1. The van der Waals surface area contributed by atoms with E-state index in [-0.39, 0.29) is 17.5 Å². The predicted octanol–water partition coefficient (Wildman–Crippen LogP) is 5.06. The van der Waals surface area contributed by atoms with E-state index < -0.39 is 0 Å². The maximum atomic E-state index is 14.4. The summed E-state index contributed by atoms with van der Waals surface area (Å²) >= 11 is 0. The van der Waals surface area contributed by atoms with Gasteiger partial charge in [-0.2, -0.15) is 4.98 Å². The van der Waals surface area contributed by atoms with Crippen molar-refractivity contribution >= 4 is 34.3 Å². The molecule has 2 aliphatic rings. The molecule has 0 bridgehead atoms. The zero-order valence-electron chi connectivity index (χ0n) is 25.9. The summed E-state index contributed by atoms with van der Waals surface area (Å²) in [6, 6.07) is 14.2. The first kappa shape index (κ1) is 28.9. The Kier molecular flexibility index (Phi) is 7.92. The van der Waals surface area contributed by atoms with Crippen LogP contribution in [0.5, 0.6) is 0 Å². The van der Waals surface area contributed by atoms with Crippen molar-refractivity contribution in [2.75, 3.05) is 56.5 Å². The third-order valence-corrected chi connectivity index (χ3v) is 9.13. The molecular weight excluding hydrogens is 538 g/mol. The Bertz CT molecular complexity index is 1740. The third-order valence-electron chi connectivity index (χ3n) is 9.13. The average molecular weight is 580 g/mol. The topological polar surface area (TPSA) is 86.6 Å². The molecule has 224 valence electrons. The lowest BCUT2D eigenvalue weighted by atomic mass is 9.95. The number of carbonyl (C=O) groups is 1. The van der Waals surface area contributed by atoms with E-state index in [9.17, 15) is 9.59 Å². The monoisotopic (exact) mass is 579 g/mol.